The number of benzene rings is 4. The standard InChI is InChI=1S/C53H36Cl2F2N10O3/c54-45-23-9-33(25-58-45)27-66-31-64-47-50(66)60-29-62-52(47)69-39-17-11-35(12-18-39)41(21-15-37-5-1-3-7-43(37)56)49(68)42(22-16-38-6-2-4-8-44(38)57)36-13-19-40(20-14-36)70-53-48-51(61-30-63-53)67(32-65-48)28-34-10-24-46(55)59-26-34/h1-26,29-32,41-42H,27-28H2/b21-15+,22-16+. The Balaban J connectivity index is 0.945. The normalized spacial score (nSPS) is 12.5. The van der Waals surface area contributed by atoms with Gasteiger partial charge >= 0.3 is 0 Å². The van der Waals surface area contributed by atoms with Crippen molar-refractivity contribution >= 4 is 63.5 Å². The fourth-order valence-corrected chi connectivity index (χ4v) is 7.98. The van der Waals surface area contributed by atoms with Gasteiger partial charge in [-0.2, -0.15) is 9.97 Å². The second kappa shape index (κ2) is 20.4. The number of pyridine rings is 2. The number of imidazole rings is 2. The van der Waals surface area contributed by atoms with Crippen molar-refractivity contribution in [3.63, 3.8) is 0 Å². The lowest BCUT2D eigenvalue weighted by atomic mass is 9.82. The third kappa shape index (κ3) is 10.2. The monoisotopic (exact) mass is 968 g/mol. The molecule has 6 aromatic heterocycles. The molecule has 0 aliphatic carbocycles. The number of ether oxygens (including phenoxy) is 2. The number of carbonyl (C=O) groups excluding carboxylic acids is 1. The summed E-state index contributed by atoms with van der Waals surface area (Å²) in [7, 11) is 0. The number of halogens is 4. The summed E-state index contributed by atoms with van der Waals surface area (Å²) in [4.78, 5) is 50.2. The number of carbonyl (C=O) groups is 1. The fourth-order valence-electron chi connectivity index (χ4n) is 7.76. The molecule has 13 nitrogen and oxygen atoms in total. The second-order valence-electron chi connectivity index (χ2n) is 15.9. The van der Waals surface area contributed by atoms with Gasteiger partial charge in [0, 0.05) is 23.5 Å². The average molecular weight is 970 g/mol. The summed E-state index contributed by atoms with van der Waals surface area (Å²) in [5, 5.41) is 0.788. The molecule has 6 heterocycles. The van der Waals surface area contributed by atoms with Crippen LogP contribution < -0.4 is 9.47 Å². The van der Waals surface area contributed by atoms with Crippen molar-refractivity contribution in [3.8, 4) is 23.3 Å². The minimum absolute atomic E-state index is 0.231. The van der Waals surface area contributed by atoms with Gasteiger partial charge in [0.15, 0.2) is 28.1 Å². The first-order valence-corrected chi connectivity index (χ1v) is 22.5. The van der Waals surface area contributed by atoms with Crippen LogP contribution in [0.5, 0.6) is 23.3 Å². The Kier molecular flexibility index (Phi) is 13.2. The minimum Gasteiger partial charge on any atom is -0.437 e. The maximum absolute atomic E-state index is 15.2. The third-order valence-corrected chi connectivity index (χ3v) is 11.7. The van der Waals surface area contributed by atoms with E-state index in [0.29, 0.717) is 79.5 Å². The van der Waals surface area contributed by atoms with Crippen LogP contribution in [-0.4, -0.2) is 54.8 Å². The zero-order chi connectivity index (χ0) is 48.0. The lowest BCUT2D eigenvalue weighted by molar-refractivity contribution is -0.120. The summed E-state index contributed by atoms with van der Waals surface area (Å²) in [6.07, 6.45) is 16.0. The number of fused-ring (bicyclic) bond motifs is 2. The largest absolute Gasteiger partial charge is 0.437 e. The van der Waals surface area contributed by atoms with E-state index in [0.717, 1.165) is 11.1 Å². The Hall–Kier alpha value is -8.53. The number of nitrogens with zero attached hydrogens (tertiary/aromatic N) is 10. The summed E-state index contributed by atoms with van der Waals surface area (Å²) < 4.78 is 46.3. The molecule has 0 aliphatic rings. The predicted molar refractivity (Wildman–Crippen MR) is 262 cm³/mol. The van der Waals surface area contributed by atoms with Gasteiger partial charge in [-0.15, -0.1) is 0 Å². The summed E-state index contributed by atoms with van der Waals surface area (Å²) in [5.41, 5.74) is 5.56. The Labute approximate surface area is 408 Å². The molecule has 0 amide bonds. The van der Waals surface area contributed by atoms with Gasteiger partial charge in [0.2, 0.25) is 0 Å². The van der Waals surface area contributed by atoms with Crippen molar-refractivity contribution in [3.05, 3.63) is 227 Å². The Morgan fingerprint density at radius 3 is 1.36 bits per heavy atom. The molecule has 17 heteroatoms. The molecule has 0 aliphatic heterocycles. The number of hydrogen-bond acceptors (Lipinski definition) is 11. The lowest BCUT2D eigenvalue weighted by Crippen LogP contribution is -2.18. The van der Waals surface area contributed by atoms with E-state index in [1.54, 1.807) is 146 Å². The van der Waals surface area contributed by atoms with Gasteiger partial charge < -0.3 is 18.6 Å². The van der Waals surface area contributed by atoms with E-state index in [9.17, 15) is 0 Å². The van der Waals surface area contributed by atoms with Gasteiger partial charge in [-0.25, -0.2) is 38.7 Å². The van der Waals surface area contributed by atoms with Gasteiger partial charge in [0.05, 0.1) is 37.6 Å². The predicted octanol–water partition coefficient (Wildman–Crippen LogP) is 11.9. The number of ketones is 1. The summed E-state index contributed by atoms with van der Waals surface area (Å²) in [6, 6.07) is 33.7. The van der Waals surface area contributed by atoms with Crippen molar-refractivity contribution in [1.29, 1.82) is 0 Å². The Morgan fingerprint density at radius 1 is 0.529 bits per heavy atom. The van der Waals surface area contributed by atoms with Crippen molar-refractivity contribution in [1.82, 2.24) is 49.0 Å². The van der Waals surface area contributed by atoms with E-state index in [4.69, 9.17) is 32.7 Å². The van der Waals surface area contributed by atoms with Crippen LogP contribution in [0.15, 0.2) is 171 Å². The fraction of sp³-hybridized carbons (Fsp3) is 0.0755. The molecule has 10 aromatic rings. The Bertz CT molecular complexity index is 3300. The maximum Gasteiger partial charge on any atom is 0.250 e. The van der Waals surface area contributed by atoms with Crippen molar-refractivity contribution in [2.45, 2.75) is 24.9 Å². The van der Waals surface area contributed by atoms with Crippen LogP contribution in [0.2, 0.25) is 10.3 Å². The van der Waals surface area contributed by atoms with E-state index in [1.165, 1.54) is 24.8 Å². The zero-order valence-electron chi connectivity index (χ0n) is 36.6. The molecule has 0 radical (unpaired) electrons. The molecule has 10 rings (SSSR count). The molecule has 344 valence electrons. The van der Waals surface area contributed by atoms with Crippen LogP contribution >= 0.6 is 23.2 Å². The minimum atomic E-state index is -0.920. The van der Waals surface area contributed by atoms with Crippen molar-refractivity contribution < 1.29 is 23.0 Å². The van der Waals surface area contributed by atoms with Crippen LogP contribution in [0.3, 0.4) is 0 Å². The highest BCUT2D eigenvalue weighted by Crippen LogP contribution is 2.35. The van der Waals surface area contributed by atoms with Crippen molar-refractivity contribution in [2.24, 2.45) is 0 Å². The smallest absolute Gasteiger partial charge is 0.250 e. The number of rotatable bonds is 16. The molecule has 0 bridgehead atoms. The molecule has 0 fully saturated rings. The van der Waals surface area contributed by atoms with Gasteiger partial charge in [-0.3, -0.25) is 4.79 Å². The molecule has 0 spiro atoms. The zero-order valence-corrected chi connectivity index (χ0v) is 38.1. The van der Waals surface area contributed by atoms with Crippen LogP contribution in [0, 0.1) is 11.6 Å². The van der Waals surface area contributed by atoms with Crippen LogP contribution in [0.4, 0.5) is 8.78 Å². The highest BCUT2D eigenvalue weighted by molar-refractivity contribution is 6.29. The first kappa shape index (κ1) is 45.3. The topological polar surface area (TPSA) is 149 Å². The second-order valence-corrected chi connectivity index (χ2v) is 16.7. The SMILES string of the molecule is O=C(C(/C=C/c1ccccc1F)c1ccc(Oc2ncnc3c2ncn3Cc2ccc(Cl)nc2)cc1)C(/C=C/c1ccccc1F)c1ccc(Oc2ncnc3c2ncn3Cc2ccc(Cl)nc2)cc1. The average Bonchev–Trinajstić information content (AvgIpc) is 3.99. The molecule has 70 heavy (non-hydrogen) atoms. The first-order chi connectivity index (χ1) is 34.2. The van der Waals surface area contributed by atoms with E-state index >= 15 is 13.6 Å². The number of Topliss-reactive ketones (excluding diaryl/α,β-unsaturated/α-hetero) is 1. The number of aromatic nitrogens is 10. The summed E-state index contributed by atoms with van der Waals surface area (Å²) in [5.74, 6) is -1.71. The highest BCUT2D eigenvalue weighted by atomic mass is 35.5. The lowest BCUT2D eigenvalue weighted by Gasteiger charge is -2.20. The number of hydrogen-bond donors (Lipinski definition) is 0. The van der Waals surface area contributed by atoms with Crippen LogP contribution in [0.1, 0.15) is 45.2 Å². The summed E-state index contributed by atoms with van der Waals surface area (Å²) >= 11 is 12.0. The van der Waals surface area contributed by atoms with Crippen LogP contribution in [0.25, 0.3) is 34.5 Å². The highest BCUT2D eigenvalue weighted by Gasteiger charge is 2.27. The van der Waals surface area contributed by atoms with E-state index < -0.39 is 23.5 Å². The third-order valence-electron chi connectivity index (χ3n) is 11.3. The molecule has 0 saturated heterocycles. The Morgan fingerprint density at radius 2 is 0.957 bits per heavy atom. The van der Waals surface area contributed by atoms with E-state index in [2.05, 4.69) is 39.9 Å². The molecular weight excluding hydrogens is 934 g/mol. The number of allylic oxidation sites excluding steroid dienone is 2. The molecule has 0 N–H and O–H groups in total. The van der Waals surface area contributed by atoms with Gasteiger partial charge in [0.1, 0.15) is 46.1 Å². The van der Waals surface area contributed by atoms with Gasteiger partial charge in [0.25, 0.3) is 11.8 Å². The summed E-state index contributed by atoms with van der Waals surface area (Å²) in [6.45, 7) is 0.890. The molecule has 4 aromatic carbocycles. The quantitative estimate of drug-likeness (QED) is 0.0852. The molecule has 2 atom stereocenters. The van der Waals surface area contributed by atoms with E-state index in [1.807, 2.05) is 21.3 Å². The van der Waals surface area contributed by atoms with Gasteiger partial charge in [-0.05, 0) is 70.8 Å². The molecule has 2 unspecified atom stereocenters. The first-order valence-electron chi connectivity index (χ1n) is 21.7. The van der Waals surface area contributed by atoms with Gasteiger partial charge in [-0.1, -0.05) is 120 Å². The van der Waals surface area contributed by atoms with E-state index in [-0.39, 0.29) is 17.5 Å². The maximum atomic E-state index is 15.2. The van der Waals surface area contributed by atoms with Crippen LogP contribution in [-0.2, 0) is 17.9 Å². The van der Waals surface area contributed by atoms with Crippen molar-refractivity contribution in [2.75, 3.05) is 0 Å². The molecular formula is C53H36Cl2F2N10O3. The molecule has 0 saturated carbocycles.